The molecule has 0 radical (unpaired) electrons. The summed E-state index contributed by atoms with van der Waals surface area (Å²) in [7, 11) is 0. The van der Waals surface area contributed by atoms with Crippen molar-refractivity contribution in [3.8, 4) is 0 Å². The summed E-state index contributed by atoms with van der Waals surface area (Å²) in [5.41, 5.74) is 1.48. The van der Waals surface area contributed by atoms with Gasteiger partial charge in [0, 0.05) is 13.0 Å². The molecular formula is C24H41Cl2N3O. The van der Waals surface area contributed by atoms with Crippen molar-refractivity contribution in [2.45, 2.75) is 57.8 Å². The van der Waals surface area contributed by atoms with Gasteiger partial charge in [0.2, 0.25) is 5.91 Å². The highest BCUT2D eigenvalue weighted by Crippen LogP contribution is 2.22. The van der Waals surface area contributed by atoms with Crippen LogP contribution >= 0.6 is 24.8 Å². The van der Waals surface area contributed by atoms with Crippen LogP contribution in [-0.4, -0.2) is 50.1 Å². The molecule has 2 heterocycles. The van der Waals surface area contributed by atoms with Gasteiger partial charge in [-0.3, -0.25) is 4.79 Å². The molecule has 0 aliphatic carbocycles. The molecular weight excluding hydrogens is 417 g/mol. The van der Waals surface area contributed by atoms with Crippen LogP contribution in [0.15, 0.2) is 30.3 Å². The predicted octanol–water partition coefficient (Wildman–Crippen LogP) is 4.46. The van der Waals surface area contributed by atoms with Crippen molar-refractivity contribution < 1.29 is 4.79 Å². The van der Waals surface area contributed by atoms with Gasteiger partial charge >= 0.3 is 0 Å². The fourth-order valence-electron chi connectivity index (χ4n) is 4.64. The fraction of sp³-hybridized carbons (Fsp3) is 0.708. The van der Waals surface area contributed by atoms with Crippen LogP contribution in [0.1, 0.15) is 56.9 Å². The second kappa shape index (κ2) is 15.9. The zero-order valence-corrected chi connectivity index (χ0v) is 20.0. The Kier molecular flexibility index (Phi) is 14.4. The molecule has 1 amide bonds. The quantitative estimate of drug-likeness (QED) is 0.509. The molecule has 2 aliphatic heterocycles. The summed E-state index contributed by atoms with van der Waals surface area (Å²) in [6, 6.07) is 10.9. The first-order valence-corrected chi connectivity index (χ1v) is 11.5. The maximum absolute atomic E-state index is 12.0. The summed E-state index contributed by atoms with van der Waals surface area (Å²) < 4.78 is 0. The lowest BCUT2D eigenvalue weighted by Gasteiger charge is -2.32. The Morgan fingerprint density at radius 1 is 0.967 bits per heavy atom. The summed E-state index contributed by atoms with van der Waals surface area (Å²) in [5, 5.41) is 6.51. The van der Waals surface area contributed by atoms with Gasteiger partial charge in [0.25, 0.3) is 0 Å². The lowest BCUT2D eigenvalue weighted by molar-refractivity contribution is -0.121. The van der Waals surface area contributed by atoms with E-state index in [0.29, 0.717) is 6.42 Å². The molecule has 6 heteroatoms. The van der Waals surface area contributed by atoms with Crippen molar-refractivity contribution >= 4 is 30.7 Å². The van der Waals surface area contributed by atoms with E-state index in [1.54, 1.807) is 0 Å². The molecule has 1 aromatic carbocycles. The predicted molar refractivity (Wildman–Crippen MR) is 131 cm³/mol. The van der Waals surface area contributed by atoms with E-state index in [9.17, 15) is 4.79 Å². The van der Waals surface area contributed by atoms with Crippen molar-refractivity contribution in [3.05, 3.63) is 35.9 Å². The minimum Gasteiger partial charge on any atom is -0.356 e. The molecule has 0 spiro atoms. The van der Waals surface area contributed by atoms with Crippen molar-refractivity contribution in [1.29, 1.82) is 0 Å². The van der Waals surface area contributed by atoms with Gasteiger partial charge in [0.1, 0.15) is 0 Å². The van der Waals surface area contributed by atoms with Gasteiger partial charge in [-0.25, -0.2) is 0 Å². The summed E-state index contributed by atoms with van der Waals surface area (Å²) in [5.74, 6) is 1.84. The molecule has 2 N–H and O–H groups in total. The summed E-state index contributed by atoms with van der Waals surface area (Å²) in [6.45, 7) is 6.74. The second-order valence-corrected chi connectivity index (χ2v) is 8.76. The number of unbranched alkanes of at least 4 members (excludes halogenated alkanes) is 1. The van der Waals surface area contributed by atoms with Crippen LogP contribution in [0.5, 0.6) is 0 Å². The maximum Gasteiger partial charge on any atom is 0.220 e. The Morgan fingerprint density at radius 3 is 2.37 bits per heavy atom. The van der Waals surface area contributed by atoms with Crippen molar-refractivity contribution in [1.82, 2.24) is 15.5 Å². The van der Waals surface area contributed by atoms with Gasteiger partial charge in [0.15, 0.2) is 0 Å². The number of nitrogens with zero attached hydrogens (tertiary/aromatic N) is 1. The number of carbonyl (C=O) groups is 1. The molecule has 0 atom stereocenters. The number of rotatable bonds is 10. The highest BCUT2D eigenvalue weighted by Gasteiger charge is 2.19. The largest absolute Gasteiger partial charge is 0.356 e. The zero-order valence-electron chi connectivity index (χ0n) is 18.3. The normalized spacial score (nSPS) is 18.3. The van der Waals surface area contributed by atoms with Gasteiger partial charge in [-0.1, -0.05) is 30.3 Å². The minimum atomic E-state index is 0. The Bertz CT molecular complexity index is 559. The Balaban J connectivity index is 0.00000225. The Hall–Kier alpha value is -0.810. The highest BCUT2D eigenvalue weighted by atomic mass is 35.5. The van der Waals surface area contributed by atoms with Gasteiger partial charge in [-0.05, 0) is 101 Å². The molecule has 4 nitrogen and oxygen atoms in total. The number of piperidine rings is 2. The molecule has 0 unspecified atom stereocenters. The molecule has 3 rings (SSSR count). The van der Waals surface area contributed by atoms with Gasteiger partial charge in [-0.2, -0.15) is 0 Å². The number of halogens is 2. The lowest BCUT2D eigenvalue weighted by Crippen LogP contribution is -2.35. The summed E-state index contributed by atoms with van der Waals surface area (Å²) >= 11 is 0. The molecule has 2 saturated heterocycles. The van der Waals surface area contributed by atoms with E-state index in [4.69, 9.17) is 0 Å². The monoisotopic (exact) mass is 457 g/mol. The van der Waals surface area contributed by atoms with Gasteiger partial charge < -0.3 is 15.5 Å². The summed E-state index contributed by atoms with van der Waals surface area (Å²) in [6.07, 6.45) is 10.4. The van der Waals surface area contributed by atoms with Crippen LogP contribution in [0.25, 0.3) is 0 Å². The topological polar surface area (TPSA) is 44.4 Å². The number of likely N-dealkylation sites (tertiary alicyclic amines) is 1. The van der Waals surface area contributed by atoms with Crippen molar-refractivity contribution in [2.75, 3.05) is 39.3 Å². The number of amides is 1. The van der Waals surface area contributed by atoms with E-state index in [2.05, 4.69) is 45.9 Å². The average Bonchev–Trinajstić information content (AvgIpc) is 2.75. The SMILES string of the molecule is Cl.Cl.O=C(CCC1CCNCC1)NCCCCN1CCC(Cc2ccccc2)CC1. The molecule has 0 aromatic heterocycles. The zero-order chi connectivity index (χ0) is 19.4. The third-order valence-corrected chi connectivity index (χ3v) is 6.54. The number of hydrogen-bond acceptors (Lipinski definition) is 3. The number of carbonyl (C=O) groups excluding carboxylic acids is 1. The van der Waals surface area contributed by atoms with E-state index < -0.39 is 0 Å². The molecule has 172 valence electrons. The van der Waals surface area contributed by atoms with Gasteiger partial charge in [-0.15, -0.1) is 24.8 Å². The standard InChI is InChI=1S/C24H39N3O.2ClH/c28-24(9-8-21-10-15-25-16-11-21)26-14-4-5-17-27-18-12-23(13-19-27)20-22-6-2-1-3-7-22;;/h1-3,6-7,21,23,25H,4-5,8-20H2,(H,26,28);2*1H. The number of hydrogen-bond donors (Lipinski definition) is 2. The first kappa shape index (κ1) is 27.2. The highest BCUT2D eigenvalue weighted by molar-refractivity contribution is 5.85. The lowest BCUT2D eigenvalue weighted by atomic mass is 9.90. The van der Waals surface area contributed by atoms with E-state index in [1.165, 1.54) is 63.7 Å². The van der Waals surface area contributed by atoms with E-state index in [-0.39, 0.29) is 30.7 Å². The molecule has 1 aromatic rings. The molecule has 30 heavy (non-hydrogen) atoms. The number of benzene rings is 1. The Morgan fingerprint density at radius 2 is 1.67 bits per heavy atom. The molecule has 0 bridgehead atoms. The van der Waals surface area contributed by atoms with Crippen LogP contribution in [-0.2, 0) is 11.2 Å². The first-order valence-electron chi connectivity index (χ1n) is 11.5. The smallest absolute Gasteiger partial charge is 0.220 e. The maximum atomic E-state index is 12.0. The van der Waals surface area contributed by atoms with Crippen LogP contribution in [0.2, 0.25) is 0 Å². The van der Waals surface area contributed by atoms with Crippen LogP contribution in [0, 0.1) is 11.8 Å². The number of nitrogens with one attached hydrogen (secondary N) is 2. The minimum absolute atomic E-state index is 0. The third kappa shape index (κ3) is 10.5. The molecule has 2 aliphatic rings. The third-order valence-electron chi connectivity index (χ3n) is 6.54. The first-order chi connectivity index (χ1) is 13.8. The van der Waals surface area contributed by atoms with Crippen LogP contribution in [0.3, 0.4) is 0 Å². The van der Waals surface area contributed by atoms with Crippen LogP contribution in [0.4, 0.5) is 0 Å². The van der Waals surface area contributed by atoms with E-state index >= 15 is 0 Å². The fourth-order valence-corrected chi connectivity index (χ4v) is 4.64. The summed E-state index contributed by atoms with van der Waals surface area (Å²) in [4.78, 5) is 14.6. The Labute approximate surface area is 195 Å². The average molecular weight is 459 g/mol. The second-order valence-electron chi connectivity index (χ2n) is 8.76. The molecule has 0 saturated carbocycles. The molecule has 2 fully saturated rings. The van der Waals surface area contributed by atoms with Crippen molar-refractivity contribution in [3.63, 3.8) is 0 Å². The van der Waals surface area contributed by atoms with Crippen LogP contribution < -0.4 is 10.6 Å². The van der Waals surface area contributed by atoms with E-state index in [0.717, 1.165) is 44.3 Å². The van der Waals surface area contributed by atoms with Crippen molar-refractivity contribution in [2.24, 2.45) is 11.8 Å². The van der Waals surface area contributed by atoms with E-state index in [1.807, 2.05) is 0 Å². The van der Waals surface area contributed by atoms with Gasteiger partial charge in [0.05, 0.1) is 0 Å².